The molecule has 0 heterocycles. The molecule has 2 aliphatic rings. The fourth-order valence-corrected chi connectivity index (χ4v) is 3.61. The molecule has 0 bridgehead atoms. The van der Waals surface area contributed by atoms with Crippen LogP contribution in [0.1, 0.15) is 27.2 Å². The van der Waals surface area contributed by atoms with Crippen molar-refractivity contribution in [3.8, 4) is 0 Å². The van der Waals surface area contributed by atoms with Gasteiger partial charge < -0.3 is 10.2 Å². The van der Waals surface area contributed by atoms with Crippen LogP contribution in [0, 0.1) is 22.7 Å². The van der Waals surface area contributed by atoms with E-state index in [4.69, 9.17) is 5.11 Å². The summed E-state index contributed by atoms with van der Waals surface area (Å²) in [6, 6.07) is 0. The molecule has 0 spiro atoms. The lowest BCUT2D eigenvalue weighted by Gasteiger charge is -2.23. The summed E-state index contributed by atoms with van der Waals surface area (Å²) in [5.41, 5.74) is 0.250. The zero-order valence-corrected chi connectivity index (χ0v) is 8.04. The summed E-state index contributed by atoms with van der Waals surface area (Å²) in [5, 5.41) is 18.9. The summed E-state index contributed by atoms with van der Waals surface area (Å²) in [4.78, 5) is 0. The number of hydrogen-bond acceptors (Lipinski definition) is 2. The van der Waals surface area contributed by atoms with Crippen molar-refractivity contribution in [1.29, 1.82) is 0 Å². The Balaban J connectivity index is 2.25. The molecule has 0 radical (unpaired) electrons. The van der Waals surface area contributed by atoms with Crippen LogP contribution in [0.5, 0.6) is 0 Å². The molecule has 12 heavy (non-hydrogen) atoms. The minimum absolute atomic E-state index is 0.0260. The quantitative estimate of drug-likeness (QED) is 0.617. The zero-order chi connectivity index (χ0) is 9.15. The molecule has 0 saturated heterocycles. The smallest absolute Gasteiger partial charge is 0.0605 e. The molecule has 2 rings (SSSR count). The topological polar surface area (TPSA) is 40.5 Å². The monoisotopic (exact) mass is 170 g/mol. The van der Waals surface area contributed by atoms with E-state index < -0.39 is 0 Å². The van der Waals surface area contributed by atoms with Gasteiger partial charge in [0.2, 0.25) is 0 Å². The molecule has 2 saturated carbocycles. The van der Waals surface area contributed by atoms with Crippen molar-refractivity contribution >= 4 is 0 Å². The Morgan fingerprint density at radius 2 is 1.92 bits per heavy atom. The van der Waals surface area contributed by atoms with E-state index in [1.54, 1.807) is 0 Å². The van der Waals surface area contributed by atoms with Crippen LogP contribution in [0.3, 0.4) is 0 Å². The first-order valence-electron chi connectivity index (χ1n) is 4.73. The number of aliphatic hydroxyl groups excluding tert-OH is 2. The summed E-state index contributed by atoms with van der Waals surface area (Å²) in [6.07, 6.45) is 0.694. The lowest BCUT2D eigenvalue weighted by Crippen LogP contribution is -2.23. The molecule has 2 heteroatoms. The van der Waals surface area contributed by atoms with Crippen LogP contribution >= 0.6 is 0 Å². The molecule has 2 fully saturated rings. The highest BCUT2D eigenvalue weighted by atomic mass is 16.3. The summed E-state index contributed by atoms with van der Waals surface area (Å²) >= 11 is 0. The van der Waals surface area contributed by atoms with E-state index in [0.29, 0.717) is 11.8 Å². The predicted molar refractivity (Wildman–Crippen MR) is 46.6 cm³/mol. The second-order valence-corrected chi connectivity index (χ2v) is 5.34. The fraction of sp³-hybridized carbons (Fsp3) is 1.00. The Morgan fingerprint density at radius 3 is 2.17 bits per heavy atom. The minimum atomic E-state index is -0.199. The van der Waals surface area contributed by atoms with Crippen molar-refractivity contribution in [3.63, 3.8) is 0 Å². The minimum Gasteiger partial charge on any atom is -0.396 e. The van der Waals surface area contributed by atoms with Gasteiger partial charge in [-0.3, -0.25) is 0 Å². The Morgan fingerprint density at radius 1 is 1.33 bits per heavy atom. The van der Waals surface area contributed by atoms with E-state index in [1.165, 1.54) is 0 Å². The van der Waals surface area contributed by atoms with Gasteiger partial charge in [-0.25, -0.2) is 0 Å². The maximum Gasteiger partial charge on any atom is 0.0605 e. The highest BCUT2D eigenvalue weighted by Crippen LogP contribution is 2.74. The Labute approximate surface area is 73.6 Å². The average Bonchev–Trinajstić information content (AvgIpc) is 2.51. The molecule has 2 nitrogen and oxygen atoms in total. The molecule has 0 aromatic rings. The van der Waals surface area contributed by atoms with Gasteiger partial charge in [-0.2, -0.15) is 0 Å². The molecule has 70 valence electrons. The average molecular weight is 170 g/mol. The Kier molecular flexibility index (Phi) is 1.45. The van der Waals surface area contributed by atoms with Gasteiger partial charge in [-0.05, 0) is 23.7 Å². The van der Waals surface area contributed by atoms with Gasteiger partial charge >= 0.3 is 0 Å². The number of hydrogen-bond donors (Lipinski definition) is 2. The Bertz CT molecular complexity index is 212. The third-order valence-electron chi connectivity index (χ3n) is 4.24. The molecular weight excluding hydrogens is 152 g/mol. The first kappa shape index (κ1) is 8.52. The molecule has 0 aliphatic heterocycles. The van der Waals surface area contributed by atoms with Crippen molar-refractivity contribution in [3.05, 3.63) is 0 Å². The van der Waals surface area contributed by atoms with Crippen LogP contribution in [-0.2, 0) is 0 Å². The second-order valence-electron chi connectivity index (χ2n) is 5.34. The first-order valence-corrected chi connectivity index (χ1v) is 4.73. The van der Waals surface area contributed by atoms with Crippen LogP contribution < -0.4 is 0 Å². The van der Waals surface area contributed by atoms with Crippen LogP contribution in [0.2, 0.25) is 0 Å². The third-order valence-corrected chi connectivity index (χ3v) is 4.24. The molecule has 0 aromatic carbocycles. The van der Waals surface area contributed by atoms with Gasteiger partial charge in [0, 0.05) is 12.0 Å². The third kappa shape index (κ3) is 0.728. The van der Waals surface area contributed by atoms with Crippen LogP contribution in [0.25, 0.3) is 0 Å². The van der Waals surface area contributed by atoms with Crippen molar-refractivity contribution in [2.75, 3.05) is 6.61 Å². The molecule has 4 unspecified atom stereocenters. The van der Waals surface area contributed by atoms with Crippen LogP contribution in [0.4, 0.5) is 0 Å². The van der Waals surface area contributed by atoms with E-state index in [9.17, 15) is 5.11 Å². The highest BCUT2D eigenvalue weighted by Gasteiger charge is 2.73. The lowest BCUT2D eigenvalue weighted by atomic mass is 9.85. The summed E-state index contributed by atoms with van der Waals surface area (Å²) in [6.45, 7) is 6.74. The van der Waals surface area contributed by atoms with Gasteiger partial charge in [-0.1, -0.05) is 20.8 Å². The van der Waals surface area contributed by atoms with E-state index in [0.717, 1.165) is 6.42 Å². The largest absolute Gasteiger partial charge is 0.396 e. The van der Waals surface area contributed by atoms with E-state index in [-0.39, 0.29) is 23.5 Å². The summed E-state index contributed by atoms with van der Waals surface area (Å²) < 4.78 is 0. The van der Waals surface area contributed by atoms with E-state index in [2.05, 4.69) is 20.8 Å². The van der Waals surface area contributed by atoms with Gasteiger partial charge in [-0.15, -0.1) is 0 Å². The Hall–Kier alpha value is -0.0800. The van der Waals surface area contributed by atoms with Crippen LogP contribution in [-0.4, -0.2) is 22.9 Å². The molecular formula is C10H18O2. The fourth-order valence-electron chi connectivity index (χ4n) is 3.61. The van der Waals surface area contributed by atoms with Gasteiger partial charge in [0.15, 0.2) is 0 Å². The maximum atomic E-state index is 9.82. The van der Waals surface area contributed by atoms with Crippen molar-refractivity contribution < 1.29 is 10.2 Å². The lowest BCUT2D eigenvalue weighted by molar-refractivity contribution is 0.0748. The van der Waals surface area contributed by atoms with Crippen molar-refractivity contribution in [2.45, 2.75) is 33.3 Å². The molecule has 2 N–H and O–H groups in total. The standard InChI is InChI=1S/C10H18O2/c1-9(2)4-7(12)10(3)6(5-11)8(9)10/h6-8,11-12H,4-5H2,1-3H3. The first-order chi connectivity index (χ1) is 5.44. The molecule has 4 atom stereocenters. The zero-order valence-electron chi connectivity index (χ0n) is 8.04. The molecule has 0 aromatic heterocycles. The normalized spacial score (nSPS) is 55.2. The summed E-state index contributed by atoms with van der Waals surface area (Å²) in [7, 11) is 0. The number of aliphatic hydroxyl groups is 2. The molecule has 2 aliphatic carbocycles. The van der Waals surface area contributed by atoms with Gasteiger partial charge in [0.25, 0.3) is 0 Å². The van der Waals surface area contributed by atoms with E-state index >= 15 is 0 Å². The van der Waals surface area contributed by atoms with Gasteiger partial charge in [0.05, 0.1) is 6.10 Å². The molecule has 0 amide bonds. The maximum absolute atomic E-state index is 9.82. The predicted octanol–water partition coefficient (Wildman–Crippen LogP) is 1.02. The second kappa shape index (κ2) is 2.05. The van der Waals surface area contributed by atoms with Crippen molar-refractivity contribution in [1.82, 2.24) is 0 Å². The van der Waals surface area contributed by atoms with Gasteiger partial charge in [0.1, 0.15) is 0 Å². The van der Waals surface area contributed by atoms with E-state index in [1.807, 2.05) is 0 Å². The summed E-state index contributed by atoms with van der Waals surface area (Å²) in [5.74, 6) is 0.876. The SMILES string of the molecule is CC1(C)CC(O)C2(C)C(CO)C12. The number of rotatable bonds is 1. The highest BCUT2D eigenvalue weighted by molar-refractivity contribution is 5.21. The van der Waals surface area contributed by atoms with Crippen molar-refractivity contribution in [2.24, 2.45) is 22.7 Å². The van der Waals surface area contributed by atoms with Crippen LogP contribution in [0.15, 0.2) is 0 Å². The number of fused-ring (bicyclic) bond motifs is 1.